The van der Waals surface area contributed by atoms with E-state index in [4.69, 9.17) is 9.84 Å². The molecule has 2 atom stereocenters. The van der Waals surface area contributed by atoms with E-state index in [1.165, 1.54) is 0 Å². The van der Waals surface area contributed by atoms with E-state index in [1.807, 2.05) is 13.8 Å². The molecule has 0 aliphatic rings. The first-order chi connectivity index (χ1) is 10.3. The topological polar surface area (TPSA) is 97.7 Å². The molecule has 1 N–H and O–H groups in total. The van der Waals surface area contributed by atoms with E-state index in [2.05, 4.69) is 0 Å². The molecule has 0 amide bonds. The molecule has 0 bridgehead atoms. The van der Waals surface area contributed by atoms with Gasteiger partial charge in [-0.05, 0) is 18.8 Å². The van der Waals surface area contributed by atoms with Crippen LogP contribution in [0.3, 0.4) is 0 Å². The summed E-state index contributed by atoms with van der Waals surface area (Å²) < 4.78 is 5.22. The number of carbonyl (C=O) groups is 4. The van der Waals surface area contributed by atoms with Gasteiger partial charge in [-0.2, -0.15) is 0 Å². The molecule has 0 fully saturated rings. The summed E-state index contributed by atoms with van der Waals surface area (Å²) >= 11 is 0. The van der Waals surface area contributed by atoms with Crippen LogP contribution in [0.15, 0.2) is 0 Å². The second kappa shape index (κ2) is 10.9. The first-order valence-electron chi connectivity index (χ1n) is 7.81. The molecule has 6 nitrogen and oxygen atoms in total. The van der Waals surface area contributed by atoms with Gasteiger partial charge >= 0.3 is 11.9 Å². The number of hydrogen-bond acceptors (Lipinski definition) is 5. The normalized spacial score (nSPS) is 13.2. The maximum atomic E-state index is 11.8. The van der Waals surface area contributed by atoms with Gasteiger partial charge in [0.25, 0.3) is 0 Å². The molecule has 0 aromatic carbocycles. The highest BCUT2D eigenvalue weighted by Crippen LogP contribution is 2.14. The van der Waals surface area contributed by atoms with Gasteiger partial charge < -0.3 is 9.84 Å². The summed E-state index contributed by atoms with van der Waals surface area (Å²) in [6.07, 6.45) is 3.53. The predicted octanol–water partition coefficient (Wildman–Crippen LogP) is 2.53. The zero-order valence-electron chi connectivity index (χ0n) is 13.6. The number of rotatable bonds is 12. The van der Waals surface area contributed by atoms with E-state index in [0.717, 1.165) is 25.7 Å². The van der Waals surface area contributed by atoms with Crippen LogP contribution in [0.25, 0.3) is 0 Å². The van der Waals surface area contributed by atoms with Crippen LogP contribution in [0.4, 0.5) is 0 Å². The average molecular weight is 314 g/mol. The van der Waals surface area contributed by atoms with E-state index in [1.54, 1.807) is 6.92 Å². The lowest BCUT2D eigenvalue weighted by Gasteiger charge is -2.17. The lowest BCUT2D eigenvalue weighted by Crippen LogP contribution is -2.26. The number of carboxylic acid groups (broad SMARTS) is 1. The van der Waals surface area contributed by atoms with Crippen molar-refractivity contribution in [2.45, 2.75) is 71.8 Å². The van der Waals surface area contributed by atoms with Crippen LogP contribution in [0.1, 0.15) is 65.7 Å². The minimum atomic E-state index is -1.52. The maximum absolute atomic E-state index is 11.8. The molecule has 0 aromatic rings. The summed E-state index contributed by atoms with van der Waals surface area (Å²) in [5.41, 5.74) is 0. The third kappa shape index (κ3) is 8.54. The molecular weight excluding hydrogens is 288 g/mol. The van der Waals surface area contributed by atoms with Gasteiger partial charge in [0.2, 0.25) is 11.6 Å². The Labute approximate surface area is 131 Å². The van der Waals surface area contributed by atoms with Crippen LogP contribution in [0.5, 0.6) is 0 Å². The Morgan fingerprint density at radius 3 is 2.05 bits per heavy atom. The van der Waals surface area contributed by atoms with Crippen molar-refractivity contribution in [1.29, 1.82) is 0 Å². The largest absolute Gasteiger partial charge is 0.476 e. The lowest BCUT2D eigenvalue weighted by molar-refractivity contribution is -0.159. The van der Waals surface area contributed by atoms with Crippen molar-refractivity contribution in [3.63, 3.8) is 0 Å². The molecule has 22 heavy (non-hydrogen) atoms. The molecule has 0 heterocycles. The van der Waals surface area contributed by atoms with Crippen molar-refractivity contribution >= 4 is 23.5 Å². The number of unbranched alkanes of at least 4 members (excludes halogenated alkanes) is 1. The van der Waals surface area contributed by atoms with Gasteiger partial charge in [-0.25, -0.2) is 9.59 Å². The number of carbonyl (C=O) groups excluding carboxylic acids is 3. The lowest BCUT2D eigenvalue weighted by atomic mass is 9.98. The standard InChI is InChI=1S/C16H26O6/c1-4-6-8-12(7-5-2)22-16(21)14(18)10-11(3)9-13(17)15(19)20/h11-12H,4-10H2,1-3H3,(H,19,20). The second-order valence-electron chi connectivity index (χ2n) is 5.62. The van der Waals surface area contributed by atoms with Crippen LogP contribution in [0, 0.1) is 5.92 Å². The minimum Gasteiger partial charge on any atom is -0.476 e. The molecule has 0 saturated carbocycles. The zero-order valence-corrected chi connectivity index (χ0v) is 13.6. The summed E-state index contributed by atoms with van der Waals surface area (Å²) in [5, 5.41) is 8.51. The molecule has 0 saturated heterocycles. The molecule has 126 valence electrons. The Kier molecular flexibility index (Phi) is 10.1. The van der Waals surface area contributed by atoms with Crippen LogP contribution < -0.4 is 0 Å². The van der Waals surface area contributed by atoms with Crippen molar-refractivity contribution in [1.82, 2.24) is 0 Å². The van der Waals surface area contributed by atoms with Gasteiger partial charge in [-0.15, -0.1) is 0 Å². The highest BCUT2D eigenvalue weighted by molar-refractivity contribution is 6.34. The van der Waals surface area contributed by atoms with Gasteiger partial charge in [0.1, 0.15) is 6.10 Å². The number of aliphatic carboxylic acids is 1. The highest BCUT2D eigenvalue weighted by atomic mass is 16.5. The van der Waals surface area contributed by atoms with E-state index in [-0.39, 0.29) is 18.9 Å². The summed E-state index contributed by atoms with van der Waals surface area (Å²) in [5.74, 6) is -4.57. The van der Waals surface area contributed by atoms with Crippen LogP contribution in [-0.4, -0.2) is 34.7 Å². The van der Waals surface area contributed by atoms with Gasteiger partial charge in [0.05, 0.1) is 0 Å². The summed E-state index contributed by atoms with van der Waals surface area (Å²) in [7, 11) is 0. The van der Waals surface area contributed by atoms with Crippen molar-refractivity contribution in [3.05, 3.63) is 0 Å². The first kappa shape index (κ1) is 20.3. The number of ketones is 2. The fraction of sp³-hybridized carbons (Fsp3) is 0.750. The SMILES string of the molecule is CCCCC(CCC)OC(=O)C(=O)CC(C)CC(=O)C(=O)O. The molecule has 2 unspecified atom stereocenters. The molecule has 0 rings (SSSR count). The van der Waals surface area contributed by atoms with Gasteiger partial charge in [-0.1, -0.05) is 40.0 Å². The van der Waals surface area contributed by atoms with Crippen molar-refractivity contribution in [2.75, 3.05) is 0 Å². The third-order valence-electron chi connectivity index (χ3n) is 3.30. The van der Waals surface area contributed by atoms with Crippen LogP contribution >= 0.6 is 0 Å². The van der Waals surface area contributed by atoms with Gasteiger partial charge in [0.15, 0.2) is 0 Å². The summed E-state index contributed by atoms with van der Waals surface area (Å²) in [6.45, 7) is 5.58. The number of esters is 1. The van der Waals surface area contributed by atoms with E-state index in [9.17, 15) is 19.2 Å². The van der Waals surface area contributed by atoms with Crippen molar-refractivity contribution in [2.24, 2.45) is 5.92 Å². The third-order valence-corrected chi connectivity index (χ3v) is 3.30. The van der Waals surface area contributed by atoms with Crippen LogP contribution in [0.2, 0.25) is 0 Å². The van der Waals surface area contributed by atoms with Crippen molar-refractivity contribution < 1.29 is 29.0 Å². The zero-order chi connectivity index (χ0) is 17.1. The Hall–Kier alpha value is -1.72. The number of Topliss-reactive ketones (excluding diaryl/α,β-unsaturated/α-hetero) is 2. The second-order valence-corrected chi connectivity index (χ2v) is 5.62. The monoisotopic (exact) mass is 314 g/mol. The Balaban J connectivity index is 4.36. The predicted molar refractivity (Wildman–Crippen MR) is 80.4 cm³/mol. The number of ether oxygens (including phenoxy) is 1. The molecule has 0 radical (unpaired) electrons. The van der Waals surface area contributed by atoms with Crippen LogP contribution in [-0.2, 0) is 23.9 Å². The van der Waals surface area contributed by atoms with E-state index in [0.29, 0.717) is 6.42 Å². The van der Waals surface area contributed by atoms with Crippen molar-refractivity contribution in [3.8, 4) is 0 Å². The Morgan fingerprint density at radius 2 is 1.55 bits per heavy atom. The molecule has 6 heteroatoms. The maximum Gasteiger partial charge on any atom is 0.374 e. The summed E-state index contributed by atoms with van der Waals surface area (Å²) in [4.78, 5) is 45.1. The average Bonchev–Trinajstić information content (AvgIpc) is 2.44. The Bertz CT molecular complexity index is 401. The van der Waals surface area contributed by atoms with Gasteiger partial charge in [0, 0.05) is 12.8 Å². The number of hydrogen-bond donors (Lipinski definition) is 1. The van der Waals surface area contributed by atoms with Gasteiger partial charge in [-0.3, -0.25) is 9.59 Å². The number of carboxylic acids is 1. The molecule has 0 spiro atoms. The fourth-order valence-electron chi connectivity index (χ4n) is 2.11. The molecule has 0 aliphatic carbocycles. The minimum absolute atomic E-state index is 0.176. The molecule has 0 aliphatic heterocycles. The van der Waals surface area contributed by atoms with E-state index >= 15 is 0 Å². The summed E-state index contributed by atoms with van der Waals surface area (Å²) in [6, 6.07) is 0. The van der Waals surface area contributed by atoms with E-state index < -0.39 is 29.4 Å². The highest BCUT2D eigenvalue weighted by Gasteiger charge is 2.24. The molecule has 0 aromatic heterocycles. The quantitative estimate of drug-likeness (QED) is 0.439. The molecular formula is C16H26O6. The first-order valence-corrected chi connectivity index (χ1v) is 7.81. The Morgan fingerprint density at radius 1 is 0.955 bits per heavy atom. The fourth-order valence-corrected chi connectivity index (χ4v) is 2.11. The smallest absolute Gasteiger partial charge is 0.374 e.